The van der Waals surface area contributed by atoms with Crippen LogP contribution in [0.2, 0.25) is 0 Å². The van der Waals surface area contributed by atoms with E-state index in [4.69, 9.17) is 9.84 Å². The van der Waals surface area contributed by atoms with Crippen LogP contribution in [0.1, 0.15) is 64.0 Å². The average Bonchev–Trinajstić information content (AvgIpc) is 3.13. The molecule has 0 saturated heterocycles. The highest BCUT2D eigenvalue weighted by Gasteiger charge is 2.29. The van der Waals surface area contributed by atoms with E-state index >= 15 is 0 Å². The second kappa shape index (κ2) is 12.6. The van der Waals surface area contributed by atoms with Gasteiger partial charge in [-0.15, -0.1) is 0 Å². The highest BCUT2D eigenvalue weighted by Crippen LogP contribution is 2.44. The summed E-state index contributed by atoms with van der Waals surface area (Å²) in [6.07, 6.45) is 6.07. The number of carboxylic acids is 1. The molecule has 1 aliphatic rings. The lowest BCUT2D eigenvalue weighted by Gasteiger charge is -2.18. The van der Waals surface area contributed by atoms with Crippen LogP contribution in [0.15, 0.2) is 60.7 Å². The molecule has 0 saturated carbocycles. The molecular formula is C30H39NO4. The predicted octanol–water partition coefficient (Wildman–Crippen LogP) is 6.88. The minimum absolute atomic E-state index is 0.0657. The molecule has 0 fully saturated rings. The fourth-order valence-electron chi connectivity index (χ4n) is 5.18. The van der Waals surface area contributed by atoms with Gasteiger partial charge in [-0.2, -0.15) is 0 Å². The fourth-order valence-corrected chi connectivity index (χ4v) is 5.18. The first-order chi connectivity index (χ1) is 16.7. The number of fused-ring (bicyclic) bond motifs is 3. The summed E-state index contributed by atoms with van der Waals surface area (Å²) in [6.45, 7) is 9.31. The van der Waals surface area contributed by atoms with E-state index in [9.17, 15) is 9.59 Å². The first kappa shape index (κ1) is 26.5. The molecule has 0 aromatic heterocycles. The van der Waals surface area contributed by atoms with E-state index in [-0.39, 0.29) is 24.3 Å². The van der Waals surface area contributed by atoms with Crippen molar-refractivity contribution in [2.24, 2.45) is 23.7 Å². The van der Waals surface area contributed by atoms with Gasteiger partial charge in [-0.05, 0) is 58.8 Å². The lowest BCUT2D eigenvalue weighted by Crippen LogP contribution is -2.30. The molecule has 0 aliphatic heterocycles. The lowest BCUT2D eigenvalue weighted by molar-refractivity contribution is -0.138. The highest BCUT2D eigenvalue weighted by atomic mass is 16.5. The summed E-state index contributed by atoms with van der Waals surface area (Å²) in [7, 11) is 0. The summed E-state index contributed by atoms with van der Waals surface area (Å²) in [6, 6.07) is 16.6. The van der Waals surface area contributed by atoms with Gasteiger partial charge in [0.15, 0.2) is 0 Å². The van der Waals surface area contributed by atoms with Crippen LogP contribution < -0.4 is 5.32 Å². The molecule has 2 aromatic carbocycles. The third kappa shape index (κ3) is 7.71. The van der Waals surface area contributed by atoms with Crippen molar-refractivity contribution in [3.63, 3.8) is 0 Å². The van der Waals surface area contributed by atoms with Crippen LogP contribution in [0.5, 0.6) is 0 Å². The normalized spacial score (nSPS) is 16.2. The maximum atomic E-state index is 12.4. The van der Waals surface area contributed by atoms with Crippen LogP contribution in [0.3, 0.4) is 0 Å². The molecule has 4 atom stereocenters. The molecule has 1 amide bonds. The largest absolute Gasteiger partial charge is 0.481 e. The number of allylic oxidation sites excluding steroid dienone is 2. The smallest absolute Gasteiger partial charge is 0.407 e. The van der Waals surface area contributed by atoms with Crippen LogP contribution in [0, 0.1) is 23.7 Å². The summed E-state index contributed by atoms with van der Waals surface area (Å²) in [4.78, 5) is 23.3. The molecule has 188 valence electrons. The number of rotatable bonds is 12. The van der Waals surface area contributed by atoms with Crippen molar-refractivity contribution < 1.29 is 19.4 Å². The molecule has 0 heterocycles. The summed E-state index contributed by atoms with van der Waals surface area (Å²) >= 11 is 0. The Bertz CT molecular complexity index is 985. The Morgan fingerprint density at radius 3 is 1.94 bits per heavy atom. The van der Waals surface area contributed by atoms with Crippen LogP contribution in [-0.2, 0) is 9.53 Å². The van der Waals surface area contributed by atoms with Crippen molar-refractivity contribution in [1.29, 1.82) is 0 Å². The number of carbonyl (C=O) groups excluding carboxylic acids is 1. The number of carbonyl (C=O) groups is 2. The SMILES string of the molecule is C[C@@H](CNC(=O)OCC1c2ccccc2-c2ccccc21)C[C@H](C)/C=C/[C@@H](C)C[C@@H](C)CC(=O)O. The van der Waals surface area contributed by atoms with Gasteiger partial charge >= 0.3 is 12.1 Å². The van der Waals surface area contributed by atoms with Gasteiger partial charge in [-0.1, -0.05) is 88.4 Å². The standard InChI is InChI=1S/C30H39NO4/c1-20(15-22(3)17-29(32)33)13-14-21(2)16-23(4)18-31-30(34)35-19-28-26-11-7-5-9-24(26)25-10-6-8-12-27(25)28/h5-14,20-23,28H,15-19H2,1-4H3,(H,31,34)(H,32,33)/b14-13+/t20-,21-,22-,23-/m1/s1. The van der Waals surface area contributed by atoms with Crippen LogP contribution in [-0.4, -0.2) is 30.3 Å². The molecule has 0 spiro atoms. The summed E-state index contributed by atoms with van der Waals surface area (Å²) in [5, 5.41) is 11.8. The van der Waals surface area contributed by atoms with Crippen molar-refractivity contribution >= 4 is 12.1 Å². The topological polar surface area (TPSA) is 75.6 Å². The molecule has 2 aromatic rings. The van der Waals surface area contributed by atoms with E-state index in [1.54, 1.807) is 0 Å². The Balaban J connectivity index is 1.40. The second-order valence-electron chi connectivity index (χ2n) is 10.3. The summed E-state index contributed by atoms with van der Waals surface area (Å²) < 4.78 is 5.63. The molecule has 5 nitrogen and oxygen atoms in total. The number of ether oxygens (including phenoxy) is 1. The summed E-state index contributed by atoms with van der Waals surface area (Å²) in [5.41, 5.74) is 4.86. The lowest BCUT2D eigenvalue weighted by atomic mass is 9.92. The Morgan fingerprint density at radius 2 is 1.40 bits per heavy atom. The van der Waals surface area contributed by atoms with E-state index in [0.29, 0.717) is 30.9 Å². The molecule has 0 radical (unpaired) electrons. The molecule has 1 aliphatic carbocycles. The maximum absolute atomic E-state index is 12.4. The number of aliphatic carboxylic acids is 1. The van der Waals surface area contributed by atoms with Gasteiger partial charge < -0.3 is 15.2 Å². The first-order valence-corrected chi connectivity index (χ1v) is 12.7. The van der Waals surface area contributed by atoms with Gasteiger partial charge in [0.2, 0.25) is 0 Å². The van der Waals surface area contributed by atoms with Crippen molar-refractivity contribution in [1.82, 2.24) is 5.32 Å². The number of nitrogens with one attached hydrogen (secondary N) is 1. The average molecular weight is 478 g/mol. The van der Waals surface area contributed by atoms with Crippen LogP contribution in [0.4, 0.5) is 4.79 Å². The van der Waals surface area contributed by atoms with Gasteiger partial charge in [-0.3, -0.25) is 4.79 Å². The zero-order valence-electron chi connectivity index (χ0n) is 21.4. The number of carboxylic acid groups (broad SMARTS) is 1. The van der Waals surface area contributed by atoms with Gasteiger partial charge in [0.1, 0.15) is 6.61 Å². The molecule has 35 heavy (non-hydrogen) atoms. The van der Waals surface area contributed by atoms with E-state index in [1.165, 1.54) is 22.3 Å². The van der Waals surface area contributed by atoms with Crippen LogP contribution >= 0.6 is 0 Å². The third-order valence-electron chi connectivity index (χ3n) is 6.78. The quantitative estimate of drug-likeness (QED) is 0.327. The predicted molar refractivity (Wildman–Crippen MR) is 140 cm³/mol. The molecule has 3 rings (SSSR count). The van der Waals surface area contributed by atoms with Crippen molar-refractivity contribution in [2.45, 2.75) is 52.9 Å². The van der Waals surface area contributed by atoms with Gasteiger partial charge in [0, 0.05) is 18.9 Å². The number of alkyl carbamates (subject to hydrolysis) is 1. The third-order valence-corrected chi connectivity index (χ3v) is 6.78. The maximum Gasteiger partial charge on any atom is 0.407 e. The van der Waals surface area contributed by atoms with Gasteiger partial charge in [0.25, 0.3) is 0 Å². The van der Waals surface area contributed by atoms with Crippen molar-refractivity contribution in [3.8, 4) is 11.1 Å². The van der Waals surface area contributed by atoms with E-state index in [2.05, 4.69) is 62.5 Å². The number of hydrogen-bond acceptors (Lipinski definition) is 3. The number of hydrogen-bond donors (Lipinski definition) is 2. The molecule has 0 bridgehead atoms. The Kier molecular flexibility index (Phi) is 9.53. The summed E-state index contributed by atoms with van der Waals surface area (Å²) in [5.74, 6) is 0.544. The van der Waals surface area contributed by atoms with E-state index in [1.807, 2.05) is 31.2 Å². The number of benzene rings is 2. The number of amides is 1. The van der Waals surface area contributed by atoms with E-state index in [0.717, 1.165) is 12.8 Å². The molecule has 5 heteroatoms. The van der Waals surface area contributed by atoms with E-state index < -0.39 is 5.97 Å². The van der Waals surface area contributed by atoms with Gasteiger partial charge in [-0.25, -0.2) is 4.79 Å². The van der Waals surface area contributed by atoms with Gasteiger partial charge in [0.05, 0.1) is 0 Å². The zero-order valence-corrected chi connectivity index (χ0v) is 21.4. The Labute approximate surface area is 209 Å². The van der Waals surface area contributed by atoms with Crippen molar-refractivity contribution in [2.75, 3.05) is 13.2 Å². The highest BCUT2D eigenvalue weighted by molar-refractivity contribution is 5.79. The Morgan fingerprint density at radius 1 is 0.886 bits per heavy atom. The molecule has 2 N–H and O–H groups in total. The van der Waals surface area contributed by atoms with Crippen molar-refractivity contribution in [3.05, 3.63) is 71.8 Å². The second-order valence-corrected chi connectivity index (χ2v) is 10.3. The minimum Gasteiger partial charge on any atom is -0.481 e. The monoisotopic (exact) mass is 477 g/mol. The van der Waals surface area contributed by atoms with Crippen LogP contribution in [0.25, 0.3) is 11.1 Å². The molecular weight excluding hydrogens is 438 g/mol. The minimum atomic E-state index is -0.736. The zero-order chi connectivity index (χ0) is 25.4. The molecule has 0 unspecified atom stereocenters. The Hall–Kier alpha value is -3.08. The fraction of sp³-hybridized carbons (Fsp3) is 0.467. The first-order valence-electron chi connectivity index (χ1n) is 12.7.